The van der Waals surface area contributed by atoms with Gasteiger partial charge in [0.25, 0.3) is 0 Å². The molecule has 1 aliphatic carbocycles. The molecule has 4 nitrogen and oxygen atoms in total. The van der Waals surface area contributed by atoms with Crippen LogP contribution in [0.1, 0.15) is 18.1 Å². The minimum absolute atomic E-state index is 0.344. The van der Waals surface area contributed by atoms with Crippen LogP contribution in [0.15, 0.2) is 30.5 Å². The van der Waals surface area contributed by atoms with Gasteiger partial charge in [-0.05, 0) is 49.2 Å². The number of hydrogen-bond donors (Lipinski definition) is 1. The van der Waals surface area contributed by atoms with Gasteiger partial charge in [0.15, 0.2) is 0 Å². The first-order valence-corrected chi connectivity index (χ1v) is 7.75. The number of aromatic nitrogens is 1. The zero-order valence-electron chi connectivity index (χ0n) is 13.3. The molecular formula is C18H22N2O2. The van der Waals surface area contributed by atoms with Gasteiger partial charge in [0.2, 0.25) is 0 Å². The predicted octanol–water partition coefficient (Wildman–Crippen LogP) is 2.25. The van der Waals surface area contributed by atoms with Crippen molar-refractivity contribution < 1.29 is 9.84 Å². The lowest BCUT2D eigenvalue weighted by Gasteiger charge is -2.42. The highest BCUT2D eigenvalue weighted by Crippen LogP contribution is 2.42. The van der Waals surface area contributed by atoms with Crippen LogP contribution in [-0.4, -0.2) is 46.9 Å². The fourth-order valence-corrected chi connectivity index (χ4v) is 4.14. The Morgan fingerprint density at radius 2 is 2.23 bits per heavy atom. The molecule has 0 bridgehead atoms. The summed E-state index contributed by atoms with van der Waals surface area (Å²) in [6.07, 6.45) is 5.26. The van der Waals surface area contributed by atoms with Crippen LogP contribution >= 0.6 is 0 Å². The number of likely N-dealkylation sites (N-methyl/N-ethyl adjacent to an activating group) is 1. The van der Waals surface area contributed by atoms with Gasteiger partial charge in [-0.3, -0.25) is 4.90 Å². The molecular weight excluding hydrogens is 276 g/mol. The van der Waals surface area contributed by atoms with E-state index < -0.39 is 5.60 Å². The summed E-state index contributed by atoms with van der Waals surface area (Å²) in [5.74, 6) is 0. The Hall–Kier alpha value is -1.62. The van der Waals surface area contributed by atoms with Gasteiger partial charge >= 0.3 is 0 Å². The van der Waals surface area contributed by atoms with Crippen molar-refractivity contribution in [2.45, 2.75) is 31.7 Å². The molecule has 0 fully saturated rings. The molecule has 0 saturated carbocycles. The van der Waals surface area contributed by atoms with E-state index in [9.17, 15) is 5.11 Å². The molecule has 4 heteroatoms. The zero-order chi connectivity index (χ0) is 15.5. The smallest absolute Gasteiger partial charge is 0.122 e. The number of rotatable bonds is 2. The van der Waals surface area contributed by atoms with Gasteiger partial charge < -0.3 is 14.4 Å². The highest BCUT2D eigenvalue weighted by Gasteiger charge is 2.37. The van der Waals surface area contributed by atoms with Crippen LogP contribution in [0.5, 0.6) is 0 Å². The molecule has 22 heavy (non-hydrogen) atoms. The van der Waals surface area contributed by atoms with Crippen molar-refractivity contribution >= 4 is 16.5 Å². The van der Waals surface area contributed by atoms with Crippen molar-refractivity contribution in [3.63, 3.8) is 0 Å². The maximum Gasteiger partial charge on any atom is 0.122 e. The fourth-order valence-electron chi connectivity index (χ4n) is 4.14. The van der Waals surface area contributed by atoms with E-state index in [1.807, 2.05) is 6.92 Å². The SMILES string of the molecule is COCn1cc2c3c(cccc31)C1=CC(C)(O)CN(C)C1C2. The maximum absolute atomic E-state index is 10.5. The Bertz CT molecular complexity index is 773. The van der Waals surface area contributed by atoms with Crippen molar-refractivity contribution in [3.05, 3.63) is 41.6 Å². The number of nitrogens with zero attached hydrogens (tertiary/aromatic N) is 2. The summed E-state index contributed by atoms with van der Waals surface area (Å²) in [6.45, 7) is 3.13. The van der Waals surface area contributed by atoms with Crippen LogP contribution in [0.4, 0.5) is 0 Å². The average molecular weight is 298 g/mol. The maximum atomic E-state index is 10.5. The molecule has 0 spiro atoms. The lowest BCUT2D eigenvalue weighted by molar-refractivity contribution is 0.0542. The van der Waals surface area contributed by atoms with Crippen LogP contribution in [0.2, 0.25) is 0 Å². The van der Waals surface area contributed by atoms with E-state index in [0.29, 0.717) is 19.3 Å². The highest BCUT2D eigenvalue weighted by atomic mass is 16.5. The van der Waals surface area contributed by atoms with E-state index in [1.165, 1.54) is 27.6 Å². The van der Waals surface area contributed by atoms with Gasteiger partial charge in [0.05, 0.1) is 11.1 Å². The Labute approximate surface area is 130 Å². The molecule has 0 radical (unpaired) electrons. The second kappa shape index (κ2) is 4.69. The molecule has 1 aromatic heterocycles. The van der Waals surface area contributed by atoms with Gasteiger partial charge in [-0.1, -0.05) is 12.1 Å². The van der Waals surface area contributed by atoms with E-state index >= 15 is 0 Å². The summed E-state index contributed by atoms with van der Waals surface area (Å²) in [7, 11) is 3.83. The van der Waals surface area contributed by atoms with Crippen LogP contribution in [0.25, 0.3) is 16.5 Å². The topological polar surface area (TPSA) is 37.6 Å². The normalized spacial score (nSPS) is 27.8. The molecule has 1 aromatic carbocycles. The Balaban J connectivity index is 1.97. The van der Waals surface area contributed by atoms with E-state index in [4.69, 9.17) is 4.74 Å². The lowest BCUT2D eigenvalue weighted by atomic mass is 9.79. The molecule has 0 amide bonds. The Kier molecular flexibility index (Phi) is 2.98. The summed E-state index contributed by atoms with van der Waals surface area (Å²) in [5, 5.41) is 11.8. The van der Waals surface area contributed by atoms with Gasteiger partial charge in [-0.2, -0.15) is 0 Å². The number of fused-ring (bicyclic) bond motifs is 2. The second-order valence-corrected chi connectivity index (χ2v) is 6.83. The number of benzene rings is 1. The summed E-state index contributed by atoms with van der Waals surface area (Å²) in [5.41, 5.74) is 4.33. The molecule has 4 rings (SSSR count). The summed E-state index contributed by atoms with van der Waals surface area (Å²) >= 11 is 0. The standard InChI is InChI=1S/C18H22N2O2/c1-18(21)8-14-13-5-4-6-15-17(13)12(9-20(15)11-22-3)7-16(14)19(2)10-18/h4-6,8-9,16,21H,7,10-11H2,1-3H3. The molecule has 2 heterocycles. The number of hydrogen-bond acceptors (Lipinski definition) is 3. The van der Waals surface area contributed by atoms with E-state index in [0.717, 1.165) is 6.42 Å². The first kappa shape index (κ1) is 14.0. The molecule has 1 N–H and O–H groups in total. The minimum atomic E-state index is -0.769. The van der Waals surface area contributed by atoms with Crippen molar-refractivity contribution in [2.24, 2.45) is 0 Å². The number of aliphatic hydroxyl groups is 1. The minimum Gasteiger partial charge on any atom is -0.385 e. The number of methoxy groups -OCH3 is 1. The molecule has 2 unspecified atom stereocenters. The summed E-state index contributed by atoms with van der Waals surface area (Å²) < 4.78 is 7.50. The third-order valence-corrected chi connectivity index (χ3v) is 4.90. The van der Waals surface area contributed by atoms with Gasteiger partial charge in [-0.25, -0.2) is 0 Å². The molecule has 2 atom stereocenters. The van der Waals surface area contributed by atoms with E-state index in [-0.39, 0.29) is 0 Å². The average Bonchev–Trinajstić information content (AvgIpc) is 2.80. The first-order chi connectivity index (χ1) is 10.5. The van der Waals surface area contributed by atoms with Gasteiger partial charge in [0.1, 0.15) is 6.73 Å². The van der Waals surface area contributed by atoms with E-state index in [2.05, 4.69) is 47.0 Å². The molecule has 116 valence electrons. The van der Waals surface area contributed by atoms with E-state index in [1.54, 1.807) is 7.11 Å². The summed E-state index contributed by atoms with van der Waals surface area (Å²) in [6, 6.07) is 6.76. The Morgan fingerprint density at radius 3 is 3.00 bits per heavy atom. The molecule has 2 aromatic rings. The van der Waals surface area contributed by atoms with Crippen molar-refractivity contribution in [1.29, 1.82) is 0 Å². The van der Waals surface area contributed by atoms with Crippen LogP contribution in [0, 0.1) is 0 Å². The first-order valence-electron chi connectivity index (χ1n) is 7.75. The molecule has 0 saturated heterocycles. The van der Waals surface area contributed by atoms with Crippen LogP contribution in [-0.2, 0) is 17.9 Å². The van der Waals surface area contributed by atoms with Gasteiger partial charge in [0, 0.05) is 31.3 Å². The largest absolute Gasteiger partial charge is 0.385 e. The predicted molar refractivity (Wildman–Crippen MR) is 87.7 cm³/mol. The number of ether oxygens (including phenoxy) is 1. The van der Waals surface area contributed by atoms with Crippen molar-refractivity contribution in [1.82, 2.24) is 9.47 Å². The molecule has 2 aliphatic rings. The van der Waals surface area contributed by atoms with Crippen LogP contribution < -0.4 is 0 Å². The third kappa shape index (κ3) is 1.95. The third-order valence-electron chi connectivity index (χ3n) is 4.90. The fraction of sp³-hybridized carbons (Fsp3) is 0.444. The Morgan fingerprint density at radius 1 is 1.41 bits per heavy atom. The van der Waals surface area contributed by atoms with Crippen molar-refractivity contribution in [3.8, 4) is 0 Å². The monoisotopic (exact) mass is 298 g/mol. The lowest BCUT2D eigenvalue weighted by Crippen LogP contribution is -2.49. The molecule has 1 aliphatic heterocycles. The second-order valence-electron chi connectivity index (χ2n) is 6.83. The van der Waals surface area contributed by atoms with Crippen molar-refractivity contribution in [2.75, 3.05) is 20.7 Å². The quantitative estimate of drug-likeness (QED) is 0.924. The van der Waals surface area contributed by atoms with Gasteiger partial charge in [-0.15, -0.1) is 0 Å². The number of β-amino-alcohol motifs (C(OH)–C–C–N with tert-alkyl or cyclic N) is 1. The summed E-state index contributed by atoms with van der Waals surface area (Å²) in [4.78, 5) is 2.27. The van der Waals surface area contributed by atoms with Crippen LogP contribution in [0.3, 0.4) is 0 Å². The highest BCUT2D eigenvalue weighted by molar-refractivity contribution is 5.98. The zero-order valence-corrected chi connectivity index (χ0v) is 13.3.